The number of amides is 2. The highest BCUT2D eigenvalue weighted by Gasteiger charge is 2.26. The van der Waals surface area contributed by atoms with Gasteiger partial charge >= 0.3 is 5.97 Å². The van der Waals surface area contributed by atoms with Crippen molar-refractivity contribution in [2.45, 2.75) is 52.1 Å². The first kappa shape index (κ1) is 24.1. The molecule has 6 heteroatoms. The number of hydrogen-bond donors (Lipinski definition) is 2. The summed E-state index contributed by atoms with van der Waals surface area (Å²) in [4.78, 5) is 37.3. The van der Waals surface area contributed by atoms with Crippen molar-refractivity contribution in [1.82, 2.24) is 10.6 Å². The third-order valence-corrected chi connectivity index (χ3v) is 4.90. The molecule has 0 saturated carbocycles. The van der Waals surface area contributed by atoms with Crippen LogP contribution in [0.3, 0.4) is 0 Å². The smallest absolute Gasteiger partial charge is 0.329 e. The fourth-order valence-corrected chi connectivity index (χ4v) is 3.26. The zero-order valence-electron chi connectivity index (χ0n) is 18.5. The number of esters is 1. The van der Waals surface area contributed by atoms with E-state index in [0.29, 0.717) is 0 Å². The van der Waals surface area contributed by atoms with Crippen molar-refractivity contribution in [3.05, 3.63) is 71.8 Å². The summed E-state index contributed by atoms with van der Waals surface area (Å²) in [5, 5.41) is 5.66. The van der Waals surface area contributed by atoms with E-state index in [1.807, 2.05) is 81.4 Å². The van der Waals surface area contributed by atoms with Crippen molar-refractivity contribution < 1.29 is 19.1 Å². The summed E-state index contributed by atoms with van der Waals surface area (Å²) in [7, 11) is 0. The highest BCUT2D eigenvalue weighted by atomic mass is 16.5. The molecular formula is C25H32N2O4. The molecule has 0 unspecified atom stereocenters. The molecule has 2 aromatic carbocycles. The minimum Gasteiger partial charge on any atom is -0.454 e. The quantitative estimate of drug-likeness (QED) is 0.540. The molecule has 0 fully saturated rings. The Kier molecular flexibility index (Phi) is 9.75. The second-order valence-corrected chi connectivity index (χ2v) is 7.88. The lowest BCUT2D eigenvalue weighted by Gasteiger charge is -2.22. The third kappa shape index (κ3) is 8.24. The molecule has 0 saturated heterocycles. The lowest BCUT2D eigenvalue weighted by molar-refractivity contribution is -0.153. The highest BCUT2D eigenvalue weighted by molar-refractivity contribution is 5.87. The Bertz CT molecular complexity index is 837. The predicted octanol–water partition coefficient (Wildman–Crippen LogP) is 3.57. The van der Waals surface area contributed by atoms with Gasteiger partial charge in [-0.15, -0.1) is 0 Å². The summed E-state index contributed by atoms with van der Waals surface area (Å²) in [5.74, 6) is -1.42. The van der Waals surface area contributed by atoms with Gasteiger partial charge in [0.25, 0.3) is 5.91 Å². The minimum atomic E-state index is -0.815. The largest absolute Gasteiger partial charge is 0.454 e. The zero-order valence-corrected chi connectivity index (χ0v) is 18.5. The van der Waals surface area contributed by atoms with Crippen molar-refractivity contribution in [1.29, 1.82) is 0 Å². The van der Waals surface area contributed by atoms with Gasteiger partial charge in [-0.2, -0.15) is 0 Å². The van der Waals surface area contributed by atoms with Crippen molar-refractivity contribution in [2.75, 3.05) is 6.61 Å². The monoisotopic (exact) mass is 424 g/mol. The minimum absolute atomic E-state index is 0.135. The molecule has 0 heterocycles. The second kappa shape index (κ2) is 12.5. The molecule has 0 aliphatic heterocycles. The molecule has 2 amide bonds. The molecule has 0 spiro atoms. The highest BCUT2D eigenvalue weighted by Crippen LogP contribution is 2.18. The van der Waals surface area contributed by atoms with Crippen LogP contribution in [0.2, 0.25) is 0 Å². The number of carbonyl (C=O) groups is 3. The second-order valence-electron chi connectivity index (χ2n) is 7.88. The van der Waals surface area contributed by atoms with Gasteiger partial charge in [0.1, 0.15) is 6.04 Å². The van der Waals surface area contributed by atoms with E-state index in [1.54, 1.807) is 0 Å². The average molecular weight is 425 g/mol. The van der Waals surface area contributed by atoms with E-state index in [4.69, 9.17) is 4.74 Å². The van der Waals surface area contributed by atoms with Gasteiger partial charge < -0.3 is 15.4 Å². The molecule has 0 bridgehead atoms. The Hall–Kier alpha value is -3.15. The van der Waals surface area contributed by atoms with E-state index in [1.165, 1.54) is 0 Å². The molecule has 0 radical (unpaired) electrons. The van der Waals surface area contributed by atoms with Crippen LogP contribution >= 0.6 is 0 Å². The molecule has 2 atom stereocenters. The van der Waals surface area contributed by atoms with Crippen LogP contribution in [0.1, 0.15) is 50.8 Å². The fourth-order valence-electron chi connectivity index (χ4n) is 3.26. The number of benzene rings is 2. The van der Waals surface area contributed by atoms with Crippen LogP contribution in [0.5, 0.6) is 0 Å². The first-order valence-corrected chi connectivity index (χ1v) is 10.7. The normalized spacial score (nSPS) is 12.6. The van der Waals surface area contributed by atoms with E-state index >= 15 is 0 Å². The standard InChI is InChI=1S/C25H32N2O4/c1-4-11-21(20-14-9-6-10-15-20)26-23(29)17-31-25(30)24(18(2)3)27-22(28)16-19-12-7-5-8-13-19/h5-10,12-15,18,21,24H,4,11,16-17H2,1-3H3,(H,26,29)(H,27,28)/t21-,24-/m0/s1. The van der Waals surface area contributed by atoms with Gasteiger partial charge in [-0.3, -0.25) is 9.59 Å². The van der Waals surface area contributed by atoms with Crippen LogP contribution in [0.25, 0.3) is 0 Å². The summed E-state index contributed by atoms with van der Waals surface area (Å²) in [5.41, 5.74) is 1.87. The van der Waals surface area contributed by atoms with Crippen LogP contribution in [0.15, 0.2) is 60.7 Å². The van der Waals surface area contributed by atoms with Gasteiger partial charge in [0.05, 0.1) is 12.5 Å². The predicted molar refractivity (Wildman–Crippen MR) is 120 cm³/mol. The fraction of sp³-hybridized carbons (Fsp3) is 0.400. The lowest BCUT2D eigenvalue weighted by atomic mass is 10.0. The van der Waals surface area contributed by atoms with E-state index in [-0.39, 0.29) is 36.8 Å². The van der Waals surface area contributed by atoms with E-state index < -0.39 is 12.0 Å². The van der Waals surface area contributed by atoms with Gasteiger partial charge in [-0.1, -0.05) is 87.9 Å². The van der Waals surface area contributed by atoms with Crippen LogP contribution in [-0.4, -0.2) is 30.4 Å². The number of hydrogen-bond acceptors (Lipinski definition) is 4. The maximum Gasteiger partial charge on any atom is 0.329 e. The van der Waals surface area contributed by atoms with Gasteiger partial charge in [-0.05, 0) is 23.5 Å². The molecule has 2 N–H and O–H groups in total. The molecule has 0 aromatic heterocycles. The van der Waals surface area contributed by atoms with Gasteiger partial charge in [0.2, 0.25) is 5.91 Å². The summed E-state index contributed by atoms with van der Waals surface area (Å²) < 4.78 is 5.23. The first-order valence-electron chi connectivity index (χ1n) is 10.7. The Morgan fingerprint density at radius 3 is 2.06 bits per heavy atom. The van der Waals surface area contributed by atoms with Crippen molar-refractivity contribution >= 4 is 17.8 Å². The molecule has 6 nitrogen and oxygen atoms in total. The van der Waals surface area contributed by atoms with Crippen LogP contribution in [0.4, 0.5) is 0 Å². The summed E-state index contributed by atoms with van der Waals surface area (Å²) >= 11 is 0. The molecular weight excluding hydrogens is 392 g/mol. The maximum atomic E-state index is 12.5. The molecule has 0 aliphatic carbocycles. The maximum absolute atomic E-state index is 12.5. The molecule has 166 valence electrons. The van der Waals surface area contributed by atoms with E-state index in [9.17, 15) is 14.4 Å². The third-order valence-electron chi connectivity index (χ3n) is 4.90. The van der Waals surface area contributed by atoms with Gasteiger partial charge in [-0.25, -0.2) is 4.79 Å². The molecule has 31 heavy (non-hydrogen) atoms. The topological polar surface area (TPSA) is 84.5 Å². The Labute approximate surface area is 184 Å². The molecule has 0 aliphatic rings. The Balaban J connectivity index is 1.88. The summed E-state index contributed by atoms with van der Waals surface area (Å²) in [6, 6.07) is 18.1. The lowest BCUT2D eigenvalue weighted by Crippen LogP contribution is -2.46. The van der Waals surface area contributed by atoms with Crippen molar-refractivity contribution in [3.63, 3.8) is 0 Å². The number of nitrogens with one attached hydrogen (secondary N) is 2. The van der Waals surface area contributed by atoms with Gasteiger partial charge in [0.15, 0.2) is 6.61 Å². The van der Waals surface area contributed by atoms with Crippen LogP contribution < -0.4 is 10.6 Å². The zero-order chi connectivity index (χ0) is 22.6. The van der Waals surface area contributed by atoms with Gasteiger partial charge in [0, 0.05) is 0 Å². The SMILES string of the molecule is CCC[C@H](NC(=O)COC(=O)[C@@H](NC(=O)Cc1ccccc1)C(C)C)c1ccccc1. The number of ether oxygens (including phenoxy) is 1. The summed E-state index contributed by atoms with van der Waals surface area (Å²) in [6.45, 7) is 5.31. The van der Waals surface area contributed by atoms with Crippen LogP contribution in [-0.2, 0) is 25.5 Å². The summed E-state index contributed by atoms with van der Waals surface area (Å²) in [6.07, 6.45) is 1.87. The number of carbonyl (C=O) groups excluding carboxylic acids is 3. The van der Waals surface area contributed by atoms with E-state index in [0.717, 1.165) is 24.0 Å². The molecule has 2 rings (SSSR count). The molecule has 2 aromatic rings. The van der Waals surface area contributed by atoms with Crippen LogP contribution in [0, 0.1) is 5.92 Å². The number of rotatable bonds is 11. The van der Waals surface area contributed by atoms with Crippen molar-refractivity contribution in [2.24, 2.45) is 5.92 Å². The first-order chi connectivity index (χ1) is 14.9. The Morgan fingerprint density at radius 1 is 0.871 bits per heavy atom. The van der Waals surface area contributed by atoms with E-state index in [2.05, 4.69) is 10.6 Å². The Morgan fingerprint density at radius 2 is 1.48 bits per heavy atom. The average Bonchev–Trinajstić information content (AvgIpc) is 2.76. The van der Waals surface area contributed by atoms with Crippen molar-refractivity contribution in [3.8, 4) is 0 Å².